The molecule has 0 bridgehead atoms. The monoisotopic (exact) mass is 328 g/mol. The van der Waals surface area contributed by atoms with Crippen LogP contribution in [0.5, 0.6) is 0 Å². The molecule has 0 radical (unpaired) electrons. The minimum atomic E-state index is -0.303. The van der Waals surface area contributed by atoms with Gasteiger partial charge >= 0.3 is 0 Å². The van der Waals surface area contributed by atoms with Crippen LogP contribution in [0.2, 0.25) is 0 Å². The van der Waals surface area contributed by atoms with Crippen molar-refractivity contribution in [2.75, 3.05) is 6.54 Å². The van der Waals surface area contributed by atoms with Gasteiger partial charge in [0.15, 0.2) is 0 Å². The molecule has 128 valence electrons. The molecule has 1 aromatic heterocycles. The molecular weight excluding hydrogens is 304 g/mol. The fourth-order valence-electron chi connectivity index (χ4n) is 3.16. The molecule has 2 amide bonds. The molecule has 0 unspecified atom stereocenters. The molecule has 0 aliphatic heterocycles. The number of nitrogens with one attached hydrogen (secondary N) is 2. The summed E-state index contributed by atoms with van der Waals surface area (Å²) in [5, 5.41) is 6.49. The van der Waals surface area contributed by atoms with E-state index < -0.39 is 0 Å². The van der Waals surface area contributed by atoms with Gasteiger partial charge in [-0.15, -0.1) is 0 Å². The number of benzene rings is 1. The van der Waals surface area contributed by atoms with Gasteiger partial charge in [0.2, 0.25) is 11.8 Å². The summed E-state index contributed by atoms with van der Waals surface area (Å²) < 4.78 is 5.61. The lowest BCUT2D eigenvalue weighted by Gasteiger charge is -2.20. The second-order valence-corrected chi connectivity index (χ2v) is 7.48. The molecular formula is C19H24N2O3. The predicted octanol–water partition coefficient (Wildman–Crippen LogP) is 2.49. The van der Waals surface area contributed by atoms with Gasteiger partial charge in [0.1, 0.15) is 5.58 Å². The first-order valence-corrected chi connectivity index (χ1v) is 8.41. The number of aryl methyl sites for hydroxylation is 2. The molecule has 2 N–H and O–H groups in total. The highest BCUT2D eigenvalue weighted by Gasteiger charge is 2.18. The number of hydrogen-bond donors (Lipinski definition) is 2. The normalized spacial score (nSPS) is 13.8. The Balaban J connectivity index is 1.63. The summed E-state index contributed by atoms with van der Waals surface area (Å²) in [6.45, 7) is 5.70. The second-order valence-electron chi connectivity index (χ2n) is 7.48. The maximum atomic E-state index is 12.1. The fourth-order valence-corrected chi connectivity index (χ4v) is 3.16. The van der Waals surface area contributed by atoms with Crippen molar-refractivity contribution in [1.29, 1.82) is 0 Å². The number of carbonyl (C=O) groups excluding carboxylic acids is 2. The number of fused-ring (bicyclic) bond motifs is 2. The van der Waals surface area contributed by atoms with Crippen molar-refractivity contribution in [2.24, 2.45) is 0 Å². The average Bonchev–Trinajstić information content (AvgIpc) is 3.08. The van der Waals surface area contributed by atoms with Gasteiger partial charge in [-0.05, 0) is 63.3 Å². The number of carbonyl (C=O) groups is 2. The maximum Gasteiger partial charge on any atom is 0.239 e. The molecule has 1 heterocycles. The van der Waals surface area contributed by atoms with Crippen LogP contribution >= 0.6 is 0 Å². The SMILES string of the molecule is CC(C)(C)NC(=O)CNC(=O)Cc1coc2cc3c(cc12)CCC3. The summed E-state index contributed by atoms with van der Waals surface area (Å²) >= 11 is 0. The Morgan fingerprint density at radius 2 is 1.83 bits per heavy atom. The van der Waals surface area contributed by atoms with E-state index in [0.29, 0.717) is 0 Å². The van der Waals surface area contributed by atoms with Gasteiger partial charge in [0.05, 0.1) is 19.2 Å². The van der Waals surface area contributed by atoms with Crippen LogP contribution in [0.15, 0.2) is 22.8 Å². The van der Waals surface area contributed by atoms with Gasteiger partial charge in [0.25, 0.3) is 0 Å². The van der Waals surface area contributed by atoms with Crippen LogP contribution in [0, 0.1) is 0 Å². The molecule has 1 aliphatic carbocycles. The van der Waals surface area contributed by atoms with Crippen LogP contribution in [-0.2, 0) is 28.9 Å². The van der Waals surface area contributed by atoms with Crippen molar-refractivity contribution in [3.05, 3.63) is 35.1 Å². The smallest absolute Gasteiger partial charge is 0.239 e. The lowest BCUT2D eigenvalue weighted by molar-refractivity contribution is -0.126. The molecule has 2 aromatic rings. The predicted molar refractivity (Wildman–Crippen MR) is 92.8 cm³/mol. The summed E-state index contributed by atoms with van der Waals surface area (Å²) in [5.41, 5.74) is 4.11. The highest BCUT2D eigenvalue weighted by molar-refractivity contribution is 5.90. The van der Waals surface area contributed by atoms with Crippen molar-refractivity contribution < 1.29 is 14.0 Å². The molecule has 1 aromatic carbocycles. The van der Waals surface area contributed by atoms with E-state index >= 15 is 0 Å². The van der Waals surface area contributed by atoms with Crippen LogP contribution in [0.4, 0.5) is 0 Å². The number of hydrogen-bond acceptors (Lipinski definition) is 3. The van der Waals surface area contributed by atoms with E-state index in [9.17, 15) is 9.59 Å². The summed E-state index contributed by atoms with van der Waals surface area (Å²) in [6.07, 6.45) is 5.24. The lowest BCUT2D eigenvalue weighted by Crippen LogP contribution is -2.46. The molecule has 24 heavy (non-hydrogen) atoms. The van der Waals surface area contributed by atoms with Crippen LogP contribution in [0.25, 0.3) is 11.0 Å². The van der Waals surface area contributed by atoms with Crippen LogP contribution in [-0.4, -0.2) is 23.9 Å². The van der Waals surface area contributed by atoms with E-state index in [0.717, 1.165) is 29.4 Å². The van der Waals surface area contributed by atoms with E-state index in [1.165, 1.54) is 17.5 Å². The first-order chi connectivity index (χ1) is 11.3. The van der Waals surface area contributed by atoms with Gasteiger partial charge in [-0.2, -0.15) is 0 Å². The number of rotatable bonds is 4. The van der Waals surface area contributed by atoms with Gasteiger partial charge in [-0.1, -0.05) is 0 Å². The topological polar surface area (TPSA) is 71.3 Å². The van der Waals surface area contributed by atoms with Crippen molar-refractivity contribution in [3.8, 4) is 0 Å². The van der Waals surface area contributed by atoms with Crippen LogP contribution < -0.4 is 10.6 Å². The quantitative estimate of drug-likeness (QED) is 0.906. The van der Waals surface area contributed by atoms with E-state index in [1.54, 1.807) is 6.26 Å². The number of amides is 2. The van der Waals surface area contributed by atoms with Crippen molar-refractivity contribution >= 4 is 22.8 Å². The Bertz CT molecular complexity index is 784. The Morgan fingerprint density at radius 3 is 2.54 bits per heavy atom. The van der Waals surface area contributed by atoms with Gasteiger partial charge < -0.3 is 15.1 Å². The van der Waals surface area contributed by atoms with Crippen molar-refractivity contribution in [3.63, 3.8) is 0 Å². The number of furan rings is 1. The highest BCUT2D eigenvalue weighted by Crippen LogP contribution is 2.30. The Morgan fingerprint density at radius 1 is 1.12 bits per heavy atom. The molecule has 0 saturated carbocycles. The first-order valence-electron chi connectivity index (χ1n) is 8.41. The third-order valence-corrected chi connectivity index (χ3v) is 4.18. The minimum Gasteiger partial charge on any atom is -0.464 e. The molecule has 1 aliphatic rings. The largest absolute Gasteiger partial charge is 0.464 e. The summed E-state index contributed by atoms with van der Waals surface area (Å²) in [6, 6.07) is 4.24. The third-order valence-electron chi connectivity index (χ3n) is 4.18. The van der Waals surface area contributed by atoms with Crippen LogP contribution in [0.3, 0.4) is 0 Å². The Hall–Kier alpha value is -2.30. The summed E-state index contributed by atoms with van der Waals surface area (Å²) in [7, 11) is 0. The average molecular weight is 328 g/mol. The zero-order valence-corrected chi connectivity index (χ0v) is 14.5. The zero-order valence-electron chi connectivity index (χ0n) is 14.5. The first kappa shape index (κ1) is 16.6. The van der Waals surface area contributed by atoms with E-state index in [2.05, 4.69) is 22.8 Å². The zero-order chi connectivity index (χ0) is 17.3. The standard InChI is InChI=1S/C19H24N2O3/c1-19(2,3)21-18(23)10-20-17(22)9-14-11-24-16-8-13-6-4-5-12(13)7-15(14)16/h7-8,11H,4-6,9-10H2,1-3H3,(H,20,22)(H,21,23). The minimum absolute atomic E-state index is 0.0126. The Kier molecular flexibility index (Phi) is 4.35. The van der Waals surface area contributed by atoms with Crippen molar-refractivity contribution in [2.45, 2.75) is 52.0 Å². The molecule has 5 nitrogen and oxygen atoms in total. The van der Waals surface area contributed by atoms with Crippen molar-refractivity contribution in [1.82, 2.24) is 10.6 Å². The van der Waals surface area contributed by atoms with Gasteiger partial charge in [0, 0.05) is 16.5 Å². The molecule has 3 rings (SSSR count). The van der Waals surface area contributed by atoms with Gasteiger partial charge in [-0.3, -0.25) is 9.59 Å². The highest BCUT2D eigenvalue weighted by atomic mass is 16.3. The lowest BCUT2D eigenvalue weighted by atomic mass is 10.0. The molecule has 0 spiro atoms. The summed E-state index contributed by atoms with van der Waals surface area (Å²) in [5.74, 6) is -0.368. The Labute approximate surface area is 141 Å². The molecule has 0 fully saturated rings. The van der Waals surface area contributed by atoms with Gasteiger partial charge in [-0.25, -0.2) is 0 Å². The van der Waals surface area contributed by atoms with E-state index in [4.69, 9.17) is 4.42 Å². The van der Waals surface area contributed by atoms with E-state index in [1.807, 2.05) is 20.8 Å². The molecule has 0 saturated heterocycles. The fraction of sp³-hybridized carbons (Fsp3) is 0.474. The second kappa shape index (κ2) is 6.30. The molecule has 5 heteroatoms. The third kappa shape index (κ3) is 3.78. The van der Waals surface area contributed by atoms with Crippen LogP contribution in [0.1, 0.15) is 43.9 Å². The maximum absolute atomic E-state index is 12.1. The summed E-state index contributed by atoms with van der Waals surface area (Å²) in [4.78, 5) is 23.9. The van der Waals surface area contributed by atoms with E-state index in [-0.39, 0.29) is 30.3 Å². The molecule has 0 atom stereocenters.